The Morgan fingerprint density at radius 3 is 2.65 bits per heavy atom. The molecule has 0 atom stereocenters. The van der Waals surface area contributed by atoms with Crippen LogP contribution in [0.25, 0.3) is 0 Å². The van der Waals surface area contributed by atoms with E-state index in [0.717, 1.165) is 63.5 Å². The minimum absolute atomic E-state index is 0.132. The van der Waals surface area contributed by atoms with Crippen molar-refractivity contribution in [3.05, 3.63) is 11.6 Å². The van der Waals surface area contributed by atoms with Gasteiger partial charge in [-0.1, -0.05) is 6.92 Å². The lowest BCUT2D eigenvalue weighted by atomic mass is 9.64. The number of ether oxygens (including phenoxy) is 1. The molecule has 7 heteroatoms. The van der Waals surface area contributed by atoms with Gasteiger partial charge in [0.15, 0.2) is 0 Å². The van der Waals surface area contributed by atoms with Crippen LogP contribution in [0.4, 0.5) is 4.79 Å². The number of rotatable bonds is 4. The number of amides is 1. The van der Waals surface area contributed by atoms with Crippen molar-refractivity contribution in [3.63, 3.8) is 0 Å². The molecule has 4 rings (SSSR count). The lowest BCUT2D eigenvalue weighted by Gasteiger charge is -2.51. The van der Waals surface area contributed by atoms with Crippen molar-refractivity contribution in [1.29, 1.82) is 0 Å². The highest BCUT2D eigenvalue weighted by molar-refractivity contribution is 5.68. The van der Waals surface area contributed by atoms with Crippen LogP contribution in [0.5, 0.6) is 0 Å². The molecule has 1 aromatic heterocycles. The lowest BCUT2D eigenvalue weighted by molar-refractivity contribution is -0.00506. The Hall–Kier alpha value is -1.63. The first-order valence-electron chi connectivity index (χ1n) is 10.2. The maximum Gasteiger partial charge on any atom is 0.409 e. The van der Waals surface area contributed by atoms with Gasteiger partial charge in [-0.2, -0.15) is 0 Å². The number of nitrogens with one attached hydrogen (secondary N) is 1. The summed E-state index contributed by atoms with van der Waals surface area (Å²) in [6.45, 7) is 8.48. The Labute approximate surface area is 155 Å². The first kappa shape index (κ1) is 17.8. The number of hydrogen-bond acceptors (Lipinski definition) is 5. The van der Waals surface area contributed by atoms with E-state index in [2.05, 4.69) is 27.0 Å². The predicted molar refractivity (Wildman–Crippen MR) is 98.0 cm³/mol. The second kappa shape index (κ2) is 7.18. The van der Waals surface area contributed by atoms with E-state index >= 15 is 0 Å². The Bertz CT molecular complexity index is 632. The van der Waals surface area contributed by atoms with Crippen LogP contribution in [0.1, 0.15) is 63.5 Å². The Kier molecular flexibility index (Phi) is 4.90. The van der Waals surface area contributed by atoms with E-state index in [1.165, 1.54) is 12.8 Å². The monoisotopic (exact) mass is 361 g/mol. The van der Waals surface area contributed by atoms with Crippen LogP contribution in [0.3, 0.4) is 0 Å². The number of aryl methyl sites for hydroxylation is 1. The van der Waals surface area contributed by atoms with Crippen LogP contribution in [0, 0.1) is 5.41 Å². The molecular weight excluding hydrogens is 330 g/mol. The minimum Gasteiger partial charge on any atom is -0.450 e. The zero-order valence-corrected chi connectivity index (χ0v) is 16.0. The number of hydrogen-bond donors (Lipinski definition) is 1. The van der Waals surface area contributed by atoms with Crippen LogP contribution in [0.15, 0.2) is 0 Å². The molecule has 3 heterocycles. The number of piperidine rings is 1. The first-order chi connectivity index (χ1) is 12.6. The topological polar surface area (TPSA) is 74.3 Å². The molecule has 2 aliphatic heterocycles. The molecule has 1 spiro atoms. The number of H-pyrrole nitrogens is 1. The molecule has 7 nitrogen and oxygen atoms in total. The number of carbonyl (C=O) groups is 1. The van der Waals surface area contributed by atoms with Gasteiger partial charge in [-0.3, -0.25) is 0 Å². The maximum absolute atomic E-state index is 11.9. The van der Waals surface area contributed by atoms with Gasteiger partial charge in [0.1, 0.15) is 11.6 Å². The van der Waals surface area contributed by atoms with Crippen molar-refractivity contribution in [2.45, 2.75) is 64.3 Å². The van der Waals surface area contributed by atoms with Gasteiger partial charge in [-0.05, 0) is 57.5 Å². The molecule has 3 aliphatic rings. The molecule has 144 valence electrons. The van der Waals surface area contributed by atoms with Gasteiger partial charge in [0.25, 0.3) is 0 Å². The van der Waals surface area contributed by atoms with Gasteiger partial charge in [-0.25, -0.2) is 4.79 Å². The summed E-state index contributed by atoms with van der Waals surface area (Å²) in [5, 5.41) is 8.55. The van der Waals surface area contributed by atoms with Crippen LogP contribution in [-0.4, -0.2) is 69.9 Å². The predicted octanol–water partition coefficient (Wildman–Crippen LogP) is 2.56. The SMILES string of the molecule is CCOC(=O)N1CCC2(CC(N3CCC(c4nnc(CC)[nH]4)CC3)C2)C1. The van der Waals surface area contributed by atoms with E-state index in [1.807, 2.05) is 11.8 Å². The molecule has 0 bridgehead atoms. The molecule has 1 aliphatic carbocycles. The summed E-state index contributed by atoms with van der Waals surface area (Å²) < 4.78 is 5.16. The Morgan fingerprint density at radius 1 is 1.23 bits per heavy atom. The highest BCUT2D eigenvalue weighted by Crippen LogP contribution is 2.50. The molecular formula is C19H31N5O2. The molecule has 0 aromatic carbocycles. The van der Waals surface area contributed by atoms with Crippen molar-refractivity contribution in [3.8, 4) is 0 Å². The second-order valence-corrected chi connectivity index (χ2v) is 8.25. The average molecular weight is 361 g/mol. The standard InChI is InChI=1S/C19H31N5O2/c1-3-16-20-17(22-21-16)14-5-8-23(9-6-14)15-11-19(12-15)7-10-24(13-19)18(25)26-4-2/h14-15H,3-13H2,1-2H3,(H,20,21,22). The third-order valence-electron chi connectivity index (χ3n) is 6.62. The van der Waals surface area contributed by atoms with Gasteiger partial charge in [0.2, 0.25) is 0 Å². The zero-order chi connectivity index (χ0) is 18.1. The molecule has 1 amide bonds. The van der Waals surface area contributed by atoms with Crippen molar-refractivity contribution >= 4 is 6.09 Å². The first-order valence-corrected chi connectivity index (χ1v) is 10.2. The summed E-state index contributed by atoms with van der Waals surface area (Å²) in [6.07, 6.45) is 6.71. The summed E-state index contributed by atoms with van der Waals surface area (Å²) >= 11 is 0. The van der Waals surface area contributed by atoms with Gasteiger partial charge < -0.3 is 19.5 Å². The Morgan fingerprint density at radius 2 is 2.00 bits per heavy atom. The van der Waals surface area contributed by atoms with Crippen LogP contribution in [-0.2, 0) is 11.2 Å². The maximum atomic E-state index is 11.9. The van der Waals surface area contributed by atoms with Crippen molar-refractivity contribution in [2.75, 3.05) is 32.8 Å². The zero-order valence-electron chi connectivity index (χ0n) is 16.0. The number of likely N-dealkylation sites (tertiary alicyclic amines) is 2. The molecule has 3 fully saturated rings. The van der Waals surface area contributed by atoms with E-state index in [9.17, 15) is 4.79 Å². The number of nitrogens with zero attached hydrogens (tertiary/aromatic N) is 4. The molecule has 1 saturated carbocycles. The van der Waals surface area contributed by atoms with Gasteiger partial charge in [0, 0.05) is 31.5 Å². The molecule has 1 aromatic rings. The van der Waals surface area contributed by atoms with E-state index < -0.39 is 0 Å². The molecule has 0 radical (unpaired) electrons. The third-order valence-corrected chi connectivity index (χ3v) is 6.62. The van der Waals surface area contributed by atoms with Gasteiger partial charge >= 0.3 is 6.09 Å². The van der Waals surface area contributed by atoms with E-state index in [4.69, 9.17) is 4.74 Å². The van der Waals surface area contributed by atoms with E-state index in [-0.39, 0.29) is 6.09 Å². The van der Waals surface area contributed by atoms with Crippen molar-refractivity contribution in [2.24, 2.45) is 5.41 Å². The fraction of sp³-hybridized carbons (Fsp3) is 0.842. The number of aromatic amines is 1. The van der Waals surface area contributed by atoms with E-state index in [1.54, 1.807) is 0 Å². The molecule has 26 heavy (non-hydrogen) atoms. The van der Waals surface area contributed by atoms with E-state index in [0.29, 0.717) is 24.0 Å². The number of aromatic nitrogens is 3. The van der Waals surface area contributed by atoms with Crippen LogP contribution < -0.4 is 0 Å². The normalized spacial score (nSPS) is 29.9. The molecule has 1 N–H and O–H groups in total. The summed E-state index contributed by atoms with van der Waals surface area (Å²) in [5.41, 5.74) is 0.356. The lowest BCUT2D eigenvalue weighted by Crippen LogP contribution is -2.54. The van der Waals surface area contributed by atoms with Crippen LogP contribution >= 0.6 is 0 Å². The smallest absolute Gasteiger partial charge is 0.409 e. The number of carbonyl (C=O) groups excluding carboxylic acids is 1. The fourth-order valence-corrected chi connectivity index (χ4v) is 5.03. The van der Waals surface area contributed by atoms with Crippen molar-refractivity contribution in [1.82, 2.24) is 25.0 Å². The highest BCUT2D eigenvalue weighted by atomic mass is 16.6. The summed E-state index contributed by atoms with van der Waals surface area (Å²) in [7, 11) is 0. The molecule has 2 saturated heterocycles. The summed E-state index contributed by atoms with van der Waals surface area (Å²) in [6, 6.07) is 0.694. The Balaban J connectivity index is 1.24. The molecule has 0 unspecified atom stereocenters. The quantitative estimate of drug-likeness (QED) is 0.892. The van der Waals surface area contributed by atoms with Gasteiger partial charge in [-0.15, -0.1) is 10.2 Å². The van der Waals surface area contributed by atoms with Crippen LogP contribution in [0.2, 0.25) is 0 Å². The fourth-order valence-electron chi connectivity index (χ4n) is 5.03. The summed E-state index contributed by atoms with van der Waals surface area (Å²) in [5.74, 6) is 2.60. The third kappa shape index (κ3) is 3.33. The highest BCUT2D eigenvalue weighted by Gasteiger charge is 2.51. The minimum atomic E-state index is -0.132. The average Bonchev–Trinajstić information content (AvgIpc) is 3.28. The van der Waals surface area contributed by atoms with Gasteiger partial charge in [0.05, 0.1) is 6.61 Å². The van der Waals surface area contributed by atoms with Crippen molar-refractivity contribution < 1.29 is 9.53 Å². The largest absolute Gasteiger partial charge is 0.450 e. The summed E-state index contributed by atoms with van der Waals surface area (Å²) in [4.78, 5) is 19.9. The second-order valence-electron chi connectivity index (χ2n) is 8.25.